The molecule has 0 saturated carbocycles. The molecule has 3 fully saturated rings. The van der Waals surface area contributed by atoms with Gasteiger partial charge in [0.05, 0.1) is 0 Å². The van der Waals surface area contributed by atoms with Gasteiger partial charge in [0.25, 0.3) is 0 Å². The van der Waals surface area contributed by atoms with Gasteiger partial charge in [-0.2, -0.15) is 0 Å². The van der Waals surface area contributed by atoms with Crippen molar-refractivity contribution in [2.75, 3.05) is 26.2 Å². The van der Waals surface area contributed by atoms with Crippen LogP contribution in [-0.4, -0.2) is 36.1 Å². The van der Waals surface area contributed by atoms with Gasteiger partial charge >= 0.3 is 0 Å². The molecule has 3 aliphatic heterocycles. The fourth-order valence-electron chi connectivity index (χ4n) is 4.48. The molecule has 0 aliphatic carbocycles. The van der Waals surface area contributed by atoms with E-state index in [1.807, 2.05) is 0 Å². The van der Waals surface area contributed by atoms with Crippen molar-refractivity contribution < 1.29 is 0 Å². The molecule has 1 aromatic carbocycles. The maximum absolute atomic E-state index is 5.90. The average molecular weight is 297 g/mol. The van der Waals surface area contributed by atoms with Crippen LogP contribution in [0.2, 0.25) is 0 Å². The summed E-state index contributed by atoms with van der Waals surface area (Å²) in [7, 11) is 0. The second-order valence-corrected chi connectivity index (χ2v) is 7.35. The Morgan fingerprint density at radius 1 is 1.27 bits per heavy atom. The van der Waals surface area contributed by atoms with E-state index in [-0.39, 0.29) is 0 Å². The summed E-state index contributed by atoms with van der Waals surface area (Å²) in [6.07, 6.45) is 3.83. The minimum Gasteiger partial charge on any atom is -0.358 e. The fraction of sp³-hybridized carbons (Fsp3) is 0.579. The highest BCUT2D eigenvalue weighted by Crippen LogP contribution is 2.41. The van der Waals surface area contributed by atoms with Crippen molar-refractivity contribution in [3.05, 3.63) is 35.5 Å². The zero-order chi connectivity index (χ0) is 15.1. The molecule has 4 heterocycles. The normalized spacial score (nSPS) is 29.1. The molecule has 0 radical (unpaired) electrons. The first kappa shape index (κ1) is 14.3. The Balaban J connectivity index is 1.77. The van der Waals surface area contributed by atoms with Gasteiger partial charge in [0.1, 0.15) is 0 Å². The van der Waals surface area contributed by atoms with E-state index in [2.05, 4.69) is 41.1 Å². The quantitative estimate of drug-likeness (QED) is 0.911. The Morgan fingerprint density at radius 2 is 2.05 bits per heavy atom. The zero-order valence-corrected chi connectivity index (χ0v) is 13.5. The van der Waals surface area contributed by atoms with Gasteiger partial charge in [-0.1, -0.05) is 25.1 Å². The first-order valence-corrected chi connectivity index (χ1v) is 8.78. The smallest absolute Gasteiger partial charge is 0.0459 e. The minimum atomic E-state index is 0.541. The number of H-pyrrole nitrogens is 1. The summed E-state index contributed by atoms with van der Waals surface area (Å²) >= 11 is 0. The van der Waals surface area contributed by atoms with Gasteiger partial charge in [-0.15, -0.1) is 0 Å². The van der Waals surface area contributed by atoms with Gasteiger partial charge in [-0.3, -0.25) is 0 Å². The maximum Gasteiger partial charge on any atom is 0.0459 e. The second-order valence-electron chi connectivity index (χ2n) is 7.35. The number of nitrogens with one attached hydrogen (secondary N) is 1. The van der Waals surface area contributed by atoms with E-state index < -0.39 is 0 Å². The molecule has 3 aliphatic rings. The Bertz CT molecular complexity index is 652. The van der Waals surface area contributed by atoms with Crippen molar-refractivity contribution in [1.82, 2.24) is 9.88 Å². The predicted octanol–water partition coefficient (Wildman–Crippen LogP) is 3.11. The number of nitrogens with two attached hydrogens (primary N) is 1. The molecule has 3 N–H and O–H groups in total. The van der Waals surface area contributed by atoms with E-state index in [9.17, 15) is 0 Å². The highest BCUT2D eigenvalue weighted by Gasteiger charge is 2.37. The van der Waals surface area contributed by atoms with Crippen molar-refractivity contribution >= 4 is 10.9 Å². The molecule has 2 bridgehead atoms. The lowest BCUT2D eigenvalue weighted by atomic mass is 9.76. The van der Waals surface area contributed by atoms with Gasteiger partial charge in [0.15, 0.2) is 0 Å². The molecule has 2 atom stereocenters. The van der Waals surface area contributed by atoms with E-state index in [1.54, 1.807) is 0 Å². The summed E-state index contributed by atoms with van der Waals surface area (Å²) in [6, 6.07) is 8.79. The molecule has 2 aromatic rings. The van der Waals surface area contributed by atoms with Crippen LogP contribution in [0.3, 0.4) is 0 Å². The number of hydrogen-bond acceptors (Lipinski definition) is 2. The third-order valence-electron chi connectivity index (χ3n) is 5.83. The number of para-hydroxylation sites is 1. The van der Waals surface area contributed by atoms with E-state index in [4.69, 9.17) is 5.73 Å². The third-order valence-corrected chi connectivity index (χ3v) is 5.83. The van der Waals surface area contributed by atoms with Crippen LogP contribution in [0, 0.1) is 11.8 Å². The van der Waals surface area contributed by atoms with Gasteiger partial charge in [0.2, 0.25) is 0 Å². The molecule has 5 rings (SSSR count). The number of aromatic nitrogens is 1. The number of nitrogens with zero attached hydrogens (tertiary/aromatic N) is 1. The van der Waals surface area contributed by atoms with Gasteiger partial charge < -0.3 is 15.6 Å². The highest BCUT2D eigenvalue weighted by atomic mass is 15.1. The summed E-state index contributed by atoms with van der Waals surface area (Å²) in [5.74, 6) is 2.10. The monoisotopic (exact) mass is 297 g/mol. The van der Waals surface area contributed by atoms with E-state index in [0.29, 0.717) is 11.8 Å². The maximum atomic E-state index is 5.90. The number of hydrogen-bond donors (Lipinski definition) is 2. The number of fused-ring (bicyclic) bond motifs is 4. The molecule has 1 aromatic heterocycles. The van der Waals surface area contributed by atoms with Crippen molar-refractivity contribution in [3.8, 4) is 0 Å². The van der Waals surface area contributed by atoms with Crippen LogP contribution in [-0.2, 0) is 6.42 Å². The van der Waals surface area contributed by atoms with Crippen molar-refractivity contribution in [3.63, 3.8) is 0 Å². The van der Waals surface area contributed by atoms with Crippen LogP contribution >= 0.6 is 0 Å². The number of aromatic amines is 1. The molecule has 0 spiro atoms. The Labute approximate surface area is 132 Å². The number of rotatable bonds is 4. The molecular formula is C19H27N3. The molecule has 2 unspecified atom stereocenters. The lowest BCUT2D eigenvalue weighted by Crippen LogP contribution is -2.46. The number of piperidine rings is 3. The first-order valence-electron chi connectivity index (χ1n) is 8.78. The first-order chi connectivity index (χ1) is 10.8. The fourth-order valence-corrected chi connectivity index (χ4v) is 4.48. The number of benzene rings is 1. The summed E-state index contributed by atoms with van der Waals surface area (Å²) in [6.45, 7) is 6.87. The van der Waals surface area contributed by atoms with Gasteiger partial charge in [-0.25, -0.2) is 0 Å². The SMILES string of the molecule is CC(CN)Cc1c(C2CN3CCC2CC3)[nH]c2ccccc12. The largest absolute Gasteiger partial charge is 0.358 e. The van der Waals surface area contributed by atoms with Crippen LogP contribution in [0.5, 0.6) is 0 Å². The van der Waals surface area contributed by atoms with Crippen molar-refractivity contribution in [2.45, 2.75) is 32.1 Å². The predicted molar refractivity (Wildman–Crippen MR) is 92.1 cm³/mol. The van der Waals surface area contributed by atoms with Gasteiger partial charge in [0, 0.05) is 29.1 Å². The summed E-state index contributed by atoms with van der Waals surface area (Å²) in [4.78, 5) is 6.43. The highest BCUT2D eigenvalue weighted by molar-refractivity contribution is 5.85. The minimum absolute atomic E-state index is 0.541. The van der Waals surface area contributed by atoms with Crippen LogP contribution in [0.4, 0.5) is 0 Å². The average Bonchev–Trinajstić information content (AvgIpc) is 2.94. The molecular weight excluding hydrogens is 270 g/mol. The van der Waals surface area contributed by atoms with Crippen LogP contribution < -0.4 is 5.73 Å². The Morgan fingerprint density at radius 3 is 2.73 bits per heavy atom. The second kappa shape index (κ2) is 5.71. The Kier molecular flexibility index (Phi) is 3.71. The standard InChI is InChI=1S/C19H27N3/c1-13(11-20)10-16-15-4-2-3-5-18(15)21-19(16)17-12-22-8-6-14(17)7-9-22/h2-5,13-14,17,21H,6-12,20H2,1H3. The lowest BCUT2D eigenvalue weighted by molar-refractivity contribution is 0.0853. The van der Waals surface area contributed by atoms with Crippen molar-refractivity contribution in [2.24, 2.45) is 17.6 Å². The van der Waals surface area contributed by atoms with Gasteiger partial charge in [-0.05, 0) is 62.4 Å². The summed E-state index contributed by atoms with van der Waals surface area (Å²) < 4.78 is 0. The van der Waals surface area contributed by atoms with Crippen LogP contribution in [0.1, 0.15) is 36.9 Å². The molecule has 3 saturated heterocycles. The summed E-state index contributed by atoms with van der Waals surface area (Å²) in [5, 5.41) is 1.41. The molecule has 0 amide bonds. The Hall–Kier alpha value is -1.32. The topological polar surface area (TPSA) is 45.0 Å². The van der Waals surface area contributed by atoms with E-state index in [1.165, 1.54) is 54.6 Å². The molecule has 3 nitrogen and oxygen atoms in total. The zero-order valence-electron chi connectivity index (χ0n) is 13.5. The third kappa shape index (κ3) is 2.37. The molecule has 118 valence electrons. The van der Waals surface area contributed by atoms with E-state index >= 15 is 0 Å². The van der Waals surface area contributed by atoms with Crippen LogP contribution in [0.25, 0.3) is 10.9 Å². The molecule has 22 heavy (non-hydrogen) atoms. The van der Waals surface area contributed by atoms with Crippen LogP contribution in [0.15, 0.2) is 24.3 Å². The summed E-state index contributed by atoms with van der Waals surface area (Å²) in [5.41, 5.74) is 10.2. The van der Waals surface area contributed by atoms with Crippen molar-refractivity contribution in [1.29, 1.82) is 0 Å². The van der Waals surface area contributed by atoms with E-state index in [0.717, 1.165) is 18.9 Å². The molecule has 3 heteroatoms. The lowest BCUT2D eigenvalue weighted by Gasteiger charge is -2.45.